The lowest BCUT2D eigenvalue weighted by Gasteiger charge is -2.10. The number of carbonyl (C=O) groups is 3. The zero-order valence-electron chi connectivity index (χ0n) is 11.4. The van der Waals surface area contributed by atoms with E-state index in [1.807, 2.05) is 0 Å². The first-order valence-corrected chi connectivity index (χ1v) is 5.80. The van der Waals surface area contributed by atoms with E-state index in [9.17, 15) is 14.4 Å². The van der Waals surface area contributed by atoms with Gasteiger partial charge in [-0.1, -0.05) is 6.07 Å². The second-order valence-corrected chi connectivity index (χ2v) is 4.34. The molecule has 0 fully saturated rings. The standard InChI is InChI=1S/C14H15NO5/c1-7-4-5-10(14(19)20)6-11(7)15-12(16)8(2)9(3)13(17)18/h4-6H,1-3H3,(H,15,16)(H,17,18)(H,19,20). The van der Waals surface area contributed by atoms with E-state index in [4.69, 9.17) is 10.2 Å². The van der Waals surface area contributed by atoms with Gasteiger partial charge in [0.15, 0.2) is 0 Å². The number of aromatic carboxylic acids is 1. The molecule has 1 amide bonds. The van der Waals surface area contributed by atoms with Gasteiger partial charge in [0.1, 0.15) is 0 Å². The fourth-order valence-corrected chi connectivity index (χ4v) is 1.44. The first-order chi connectivity index (χ1) is 9.23. The molecule has 6 heteroatoms. The number of anilines is 1. The average molecular weight is 277 g/mol. The lowest BCUT2D eigenvalue weighted by Crippen LogP contribution is -2.17. The van der Waals surface area contributed by atoms with Gasteiger partial charge in [-0.15, -0.1) is 0 Å². The molecule has 106 valence electrons. The lowest BCUT2D eigenvalue weighted by atomic mass is 10.1. The molecule has 0 aliphatic rings. The highest BCUT2D eigenvalue weighted by Crippen LogP contribution is 2.18. The van der Waals surface area contributed by atoms with Crippen molar-refractivity contribution in [3.8, 4) is 0 Å². The third-order valence-corrected chi connectivity index (χ3v) is 2.96. The predicted molar refractivity (Wildman–Crippen MR) is 72.8 cm³/mol. The second kappa shape index (κ2) is 6.01. The topological polar surface area (TPSA) is 104 Å². The van der Waals surface area contributed by atoms with Gasteiger partial charge in [0.25, 0.3) is 5.91 Å². The van der Waals surface area contributed by atoms with Gasteiger partial charge in [-0.2, -0.15) is 0 Å². The third-order valence-electron chi connectivity index (χ3n) is 2.96. The van der Waals surface area contributed by atoms with Gasteiger partial charge >= 0.3 is 11.9 Å². The summed E-state index contributed by atoms with van der Waals surface area (Å²) in [4.78, 5) is 33.6. The van der Waals surface area contributed by atoms with Gasteiger partial charge in [-0.25, -0.2) is 9.59 Å². The SMILES string of the molecule is CC(C(=O)O)=C(C)C(=O)Nc1cc(C(=O)O)ccc1C. The van der Waals surface area contributed by atoms with Crippen LogP contribution in [0, 0.1) is 6.92 Å². The third kappa shape index (κ3) is 3.44. The molecule has 0 saturated heterocycles. The van der Waals surface area contributed by atoms with Crippen LogP contribution < -0.4 is 5.32 Å². The minimum Gasteiger partial charge on any atom is -0.478 e. The molecule has 0 aliphatic carbocycles. The van der Waals surface area contributed by atoms with Crippen LogP contribution in [-0.4, -0.2) is 28.1 Å². The lowest BCUT2D eigenvalue weighted by molar-refractivity contribution is -0.133. The fourth-order valence-electron chi connectivity index (χ4n) is 1.44. The number of nitrogens with one attached hydrogen (secondary N) is 1. The van der Waals surface area contributed by atoms with Crippen LogP contribution >= 0.6 is 0 Å². The summed E-state index contributed by atoms with van der Waals surface area (Å²) in [5.74, 6) is -2.85. The molecule has 0 unspecified atom stereocenters. The Kier molecular flexibility index (Phi) is 4.63. The van der Waals surface area contributed by atoms with Crippen LogP contribution in [0.2, 0.25) is 0 Å². The number of rotatable bonds is 4. The van der Waals surface area contributed by atoms with E-state index in [-0.39, 0.29) is 16.7 Å². The molecule has 0 bridgehead atoms. The predicted octanol–water partition coefficient (Wildman–Crippen LogP) is 2.05. The Hall–Kier alpha value is -2.63. The quantitative estimate of drug-likeness (QED) is 0.731. The Morgan fingerprint density at radius 1 is 1.05 bits per heavy atom. The van der Waals surface area contributed by atoms with Gasteiger partial charge < -0.3 is 15.5 Å². The van der Waals surface area contributed by atoms with Gasteiger partial charge in [0.05, 0.1) is 5.56 Å². The van der Waals surface area contributed by atoms with Gasteiger partial charge in [-0.05, 0) is 38.5 Å². The molecule has 20 heavy (non-hydrogen) atoms. The highest BCUT2D eigenvalue weighted by atomic mass is 16.4. The van der Waals surface area contributed by atoms with Gasteiger partial charge in [0, 0.05) is 16.8 Å². The van der Waals surface area contributed by atoms with E-state index >= 15 is 0 Å². The summed E-state index contributed by atoms with van der Waals surface area (Å²) < 4.78 is 0. The molecule has 0 heterocycles. The van der Waals surface area contributed by atoms with Crippen molar-refractivity contribution in [3.05, 3.63) is 40.5 Å². The minimum absolute atomic E-state index is 0.0440. The van der Waals surface area contributed by atoms with E-state index in [1.54, 1.807) is 13.0 Å². The molecule has 0 spiro atoms. The molecule has 0 saturated carbocycles. The molecular formula is C14H15NO5. The maximum Gasteiger partial charge on any atom is 0.335 e. The monoisotopic (exact) mass is 277 g/mol. The Bertz CT molecular complexity index is 616. The smallest absolute Gasteiger partial charge is 0.335 e. The molecule has 0 radical (unpaired) electrons. The highest BCUT2D eigenvalue weighted by Gasteiger charge is 2.14. The number of carbonyl (C=O) groups excluding carboxylic acids is 1. The molecule has 1 aromatic carbocycles. The summed E-state index contributed by atoms with van der Waals surface area (Å²) >= 11 is 0. The summed E-state index contributed by atoms with van der Waals surface area (Å²) in [5.41, 5.74) is 1.08. The van der Waals surface area contributed by atoms with Crippen LogP contribution in [0.3, 0.4) is 0 Å². The van der Waals surface area contributed by atoms with Crippen LogP contribution in [0.15, 0.2) is 29.3 Å². The van der Waals surface area contributed by atoms with Crippen LogP contribution in [-0.2, 0) is 9.59 Å². The zero-order chi connectivity index (χ0) is 15.4. The van der Waals surface area contributed by atoms with E-state index < -0.39 is 17.8 Å². The first-order valence-electron chi connectivity index (χ1n) is 5.80. The molecule has 0 aliphatic heterocycles. The molecular weight excluding hydrogens is 262 g/mol. The Morgan fingerprint density at radius 3 is 2.15 bits per heavy atom. The van der Waals surface area contributed by atoms with E-state index in [1.165, 1.54) is 26.0 Å². The summed E-state index contributed by atoms with van der Waals surface area (Å²) in [6, 6.07) is 4.33. The molecule has 1 aromatic rings. The van der Waals surface area contributed by atoms with Crippen molar-refractivity contribution in [1.82, 2.24) is 0 Å². The molecule has 6 nitrogen and oxygen atoms in total. The van der Waals surface area contributed by atoms with Crippen LogP contribution in [0.1, 0.15) is 29.8 Å². The Morgan fingerprint density at radius 2 is 1.65 bits per heavy atom. The van der Waals surface area contributed by atoms with E-state index in [0.29, 0.717) is 11.3 Å². The number of carboxylic acids is 2. The normalized spacial score (nSPS) is 11.6. The number of amides is 1. The average Bonchev–Trinajstić information content (AvgIpc) is 2.38. The minimum atomic E-state index is -1.17. The van der Waals surface area contributed by atoms with E-state index in [2.05, 4.69) is 5.32 Å². The molecule has 0 atom stereocenters. The van der Waals surface area contributed by atoms with Crippen molar-refractivity contribution >= 4 is 23.5 Å². The van der Waals surface area contributed by atoms with Gasteiger partial charge in [0.2, 0.25) is 0 Å². The van der Waals surface area contributed by atoms with Crippen LogP contribution in [0.25, 0.3) is 0 Å². The van der Waals surface area contributed by atoms with Crippen molar-refractivity contribution in [1.29, 1.82) is 0 Å². The molecule has 1 rings (SSSR count). The number of benzene rings is 1. The first kappa shape index (κ1) is 15.4. The largest absolute Gasteiger partial charge is 0.478 e. The van der Waals surface area contributed by atoms with Crippen molar-refractivity contribution in [2.45, 2.75) is 20.8 Å². The molecule has 3 N–H and O–H groups in total. The number of hydrogen-bond donors (Lipinski definition) is 3. The maximum atomic E-state index is 11.9. The second-order valence-electron chi connectivity index (χ2n) is 4.34. The van der Waals surface area contributed by atoms with Crippen molar-refractivity contribution in [2.75, 3.05) is 5.32 Å². The number of aliphatic carboxylic acids is 1. The summed E-state index contributed by atoms with van der Waals surface area (Å²) in [6.07, 6.45) is 0. The Balaban J connectivity index is 3.08. The molecule has 0 aromatic heterocycles. The van der Waals surface area contributed by atoms with Crippen molar-refractivity contribution < 1.29 is 24.6 Å². The van der Waals surface area contributed by atoms with Crippen molar-refractivity contribution in [2.24, 2.45) is 0 Å². The van der Waals surface area contributed by atoms with E-state index in [0.717, 1.165) is 0 Å². The summed E-state index contributed by atoms with van der Waals surface area (Å²) in [5, 5.41) is 20.2. The summed E-state index contributed by atoms with van der Waals surface area (Å²) in [7, 11) is 0. The number of aryl methyl sites for hydroxylation is 1. The number of carboxylic acid groups (broad SMARTS) is 2. The van der Waals surface area contributed by atoms with Gasteiger partial charge in [-0.3, -0.25) is 4.79 Å². The maximum absolute atomic E-state index is 11.9. The highest BCUT2D eigenvalue weighted by molar-refractivity contribution is 6.08. The number of hydrogen-bond acceptors (Lipinski definition) is 3. The van der Waals surface area contributed by atoms with Crippen LogP contribution in [0.5, 0.6) is 0 Å². The Labute approximate surface area is 115 Å². The van der Waals surface area contributed by atoms with Crippen molar-refractivity contribution in [3.63, 3.8) is 0 Å². The van der Waals surface area contributed by atoms with Crippen LogP contribution in [0.4, 0.5) is 5.69 Å². The zero-order valence-corrected chi connectivity index (χ0v) is 11.4. The summed E-state index contributed by atoms with van der Waals surface area (Å²) in [6.45, 7) is 4.44. The fraction of sp³-hybridized carbons (Fsp3) is 0.214.